The maximum Gasteiger partial charge on any atom is 0.0991 e. The Labute approximate surface area is 138 Å². The Balaban J connectivity index is 0.000000593. The molecule has 0 fully saturated rings. The quantitative estimate of drug-likeness (QED) is 0.560. The van der Waals surface area contributed by atoms with Crippen LogP contribution in [0.2, 0.25) is 0 Å². The van der Waals surface area contributed by atoms with Crippen molar-refractivity contribution in [1.82, 2.24) is 19.9 Å². The highest BCUT2D eigenvalue weighted by atomic mass is 15.4. The molecule has 0 unspecified atom stereocenters. The van der Waals surface area contributed by atoms with Crippen LogP contribution in [0.15, 0.2) is 54.9 Å². The topological polar surface area (TPSA) is 85.1 Å². The van der Waals surface area contributed by atoms with Crippen LogP contribution in [0.3, 0.4) is 0 Å². The number of aromatic nitrogens is 2. The lowest BCUT2D eigenvalue weighted by Crippen LogP contribution is -2.25. The van der Waals surface area contributed by atoms with Crippen LogP contribution in [-0.4, -0.2) is 28.2 Å². The van der Waals surface area contributed by atoms with Crippen molar-refractivity contribution in [2.45, 2.75) is 26.8 Å². The van der Waals surface area contributed by atoms with Gasteiger partial charge in [-0.2, -0.15) is 0 Å². The van der Waals surface area contributed by atoms with E-state index < -0.39 is 0 Å². The summed E-state index contributed by atoms with van der Waals surface area (Å²) in [6, 6.07) is 8.17. The van der Waals surface area contributed by atoms with Crippen LogP contribution in [0.1, 0.15) is 25.8 Å². The normalized spacial score (nSPS) is 10.9. The fraction of sp³-hybridized carbons (Fsp3) is 0.353. The van der Waals surface area contributed by atoms with Crippen molar-refractivity contribution in [3.8, 4) is 5.69 Å². The number of benzene rings is 1. The molecule has 23 heavy (non-hydrogen) atoms. The number of hydrogen-bond donors (Lipinski definition) is 3. The highest BCUT2D eigenvalue weighted by Crippen LogP contribution is 2.10. The van der Waals surface area contributed by atoms with Gasteiger partial charge in [0.05, 0.1) is 12.9 Å². The molecule has 126 valence electrons. The summed E-state index contributed by atoms with van der Waals surface area (Å²) in [5.41, 5.74) is 8.73. The lowest BCUT2D eigenvalue weighted by Gasteiger charge is -2.15. The van der Waals surface area contributed by atoms with Crippen molar-refractivity contribution in [2.75, 3.05) is 13.6 Å². The Bertz CT molecular complexity index is 557. The van der Waals surface area contributed by atoms with Crippen LogP contribution in [0, 0.1) is 0 Å². The maximum absolute atomic E-state index is 5.88. The Morgan fingerprint density at radius 3 is 2.43 bits per heavy atom. The first kappa shape index (κ1) is 18.7. The lowest BCUT2D eigenvalue weighted by atomic mass is 10.2. The molecule has 0 atom stereocenters. The molecule has 6 heteroatoms. The van der Waals surface area contributed by atoms with Crippen molar-refractivity contribution >= 4 is 0 Å². The number of nitrogens with zero attached hydrogens (tertiary/aromatic N) is 3. The van der Waals surface area contributed by atoms with Gasteiger partial charge < -0.3 is 20.6 Å². The minimum atomic E-state index is 0.630. The number of nitrogens with one attached hydrogen (secondary N) is 1. The molecule has 0 radical (unpaired) electrons. The van der Waals surface area contributed by atoms with E-state index in [0.717, 1.165) is 29.9 Å². The lowest BCUT2D eigenvalue weighted by molar-refractivity contribution is 0.382. The van der Waals surface area contributed by atoms with E-state index in [2.05, 4.69) is 17.2 Å². The van der Waals surface area contributed by atoms with E-state index in [4.69, 9.17) is 11.6 Å². The van der Waals surface area contributed by atoms with Gasteiger partial charge in [0.15, 0.2) is 0 Å². The predicted molar refractivity (Wildman–Crippen MR) is 95.5 cm³/mol. The molecule has 6 nitrogen and oxygen atoms in total. The summed E-state index contributed by atoms with van der Waals surface area (Å²) in [5.74, 6) is 5.88. The van der Waals surface area contributed by atoms with Gasteiger partial charge in [0.2, 0.25) is 0 Å². The second-order valence-electron chi connectivity index (χ2n) is 5.07. The molecule has 0 aliphatic carbocycles. The summed E-state index contributed by atoms with van der Waals surface area (Å²) in [5, 5.41) is 4.53. The minimum Gasteiger partial charge on any atom is -0.401 e. The van der Waals surface area contributed by atoms with E-state index in [0.29, 0.717) is 6.54 Å². The van der Waals surface area contributed by atoms with E-state index in [1.807, 2.05) is 49.0 Å². The molecule has 0 bridgehead atoms. The van der Waals surface area contributed by atoms with Crippen LogP contribution in [0.5, 0.6) is 0 Å². The number of allylic oxidation sites excluding steroid dienone is 1. The van der Waals surface area contributed by atoms with Crippen LogP contribution >= 0.6 is 0 Å². The van der Waals surface area contributed by atoms with Gasteiger partial charge in [0.1, 0.15) is 0 Å². The zero-order valence-corrected chi connectivity index (χ0v) is 14.2. The molecule has 0 saturated heterocycles. The van der Waals surface area contributed by atoms with Crippen molar-refractivity contribution < 1.29 is 0 Å². The second-order valence-corrected chi connectivity index (χ2v) is 5.07. The number of nitrogens with two attached hydrogens (primary N) is 2. The molecular weight excluding hydrogens is 288 g/mol. The van der Waals surface area contributed by atoms with Crippen LogP contribution in [0.4, 0.5) is 0 Å². The zero-order chi connectivity index (χ0) is 17.1. The van der Waals surface area contributed by atoms with E-state index in [1.54, 1.807) is 23.7 Å². The molecular formula is C17H28N6. The molecule has 1 heterocycles. The average molecular weight is 316 g/mol. The molecule has 2 rings (SSSR count). The van der Waals surface area contributed by atoms with Gasteiger partial charge in [0, 0.05) is 30.0 Å². The minimum absolute atomic E-state index is 0.630. The average Bonchev–Trinajstić information content (AvgIpc) is 3.10. The fourth-order valence-electron chi connectivity index (χ4n) is 1.75. The smallest absolute Gasteiger partial charge is 0.0991 e. The summed E-state index contributed by atoms with van der Waals surface area (Å²) in [7, 11) is 1.93. The van der Waals surface area contributed by atoms with Gasteiger partial charge in [0.25, 0.3) is 0 Å². The van der Waals surface area contributed by atoms with E-state index in [9.17, 15) is 0 Å². The first-order valence-corrected chi connectivity index (χ1v) is 7.80. The SMILES string of the molecule is CCC(N)=CN(N)Cc1ccc(-n2ccnc2)cc1.CCNC. The summed E-state index contributed by atoms with van der Waals surface area (Å²) in [6.07, 6.45) is 8.01. The van der Waals surface area contributed by atoms with Gasteiger partial charge in [-0.05, 0) is 37.7 Å². The Kier molecular flexibility index (Phi) is 8.49. The second kappa shape index (κ2) is 10.4. The fourth-order valence-corrected chi connectivity index (χ4v) is 1.75. The van der Waals surface area contributed by atoms with Gasteiger partial charge in [-0.25, -0.2) is 10.8 Å². The number of rotatable bonds is 6. The first-order chi connectivity index (χ1) is 11.1. The summed E-state index contributed by atoms with van der Waals surface area (Å²) < 4.78 is 1.96. The summed E-state index contributed by atoms with van der Waals surface area (Å²) in [6.45, 7) is 5.77. The van der Waals surface area contributed by atoms with Crippen LogP contribution in [-0.2, 0) is 6.54 Å². The molecule has 0 amide bonds. The maximum atomic E-state index is 5.88. The Morgan fingerprint density at radius 1 is 1.30 bits per heavy atom. The third-order valence-electron chi connectivity index (χ3n) is 3.20. The standard InChI is InChI=1S/C14H19N5.C3H9N/c1-2-13(15)10-19(16)9-12-3-5-14(6-4-12)18-8-7-17-11-18;1-3-4-2/h3-8,10-11H,2,9,15-16H2,1H3;4H,3H2,1-2H3. The van der Waals surface area contributed by atoms with Crippen LogP contribution < -0.4 is 16.9 Å². The van der Waals surface area contributed by atoms with Gasteiger partial charge >= 0.3 is 0 Å². The molecule has 1 aromatic carbocycles. The van der Waals surface area contributed by atoms with Gasteiger partial charge in [-0.3, -0.25) is 0 Å². The Morgan fingerprint density at radius 2 is 1.96 bits per heavy atom. The van der Waals surface area contributed by atoms with Crippen molar-refractivity contribution in [3.63, 3.8) is 0 Å². The van der Waals surface area contributed by atoms with Crippen molar-refractivity contribution in [3.05, 3.63) is 60.4 Å². The monoisotopic (exact) mass is 316 g/mol. The van der Waals surface area contributed by atoms with E-state index >= 15 is 0 Å². The molecule has 5 N–H and O–H groups in total. The van der Waals surface area contributed by atoms with Gasteiger partial charge in [-0.15, -0.1) is 0 Å². The largest absolute Gasteiger partial charge is 0.401 e. The van der Waals surface area contributed by atoms with Gasteiger partial charge in [-0.1, -0.05) is 26.0 Å². The zero-order valence-electron chi connectivity index (χ0n) is 14.2. The number of hydrogen-bond acceptors (Lipinski definition) is 5. The first-order valence-electron chi connectivity index (χ1n) is 7.80. The Hall–Kier alpha value is -2.31. The van der Waals surface area contributed by atoms with Crippen molar-refractivity contribution in [2.24, 2.45) is 11.6 Å². The molecule has 0 aliphatic rings. The third-order valence-corrected chi connectivity index (χ3v) is 3.20. The molecule has 1 aromatic heterocycles. The molecule has 0 spiro atoms. The van der Waals surface area contributed by atoms with Crippen molar-refractivity contribution in [1.29, 1.82) is 0 Å². The molecule has 0 saturated carbocycles. The predicted octanol–water partition coefficient (Wildman–Crippen LogP) is 1.98. The van der Waals surface area contributed by atoms with E-state index in [-0.39, 0.29) is 0 Å². The number of hydrazine groups is 1. The highest BCUT2D eigenvalue weighted by Gasteiger charge is 1.99. The highest BCUT2D eigenvalue weighted by molar-refractivity contribution is 5.34. The van der Waals surface area contributed by atoms with E-state index in [1.165, 1.54) is 0 Å². The summed E-state index contributed by atoms with van der Waals surface area (Å²) in [4.78, 5) is 4.02. The third kappa shape index (κ3) is 6.99. The molecule has 2 aromatic rings. The van der Waals surface area contributed by atoms with Crippen LogP contribution in [0.25, 0.3) is 5.69 Å². The summed E-state index contributed by atoms with van der Waals surface area (Å²) >= 11 is 0. The number of imidazole rings is 1. The molecule has 0 aliphatic heterocycles.